The van der Waals surface area contributed by atoms with Crippen molar-refractivity contribution in [3.05, 3.63) is 0 Å². The third-order valence-electron chi connectivity index (χ3n) is 2.51. The van der Waals surface area contributed by atoms with Crippen LogP contribution >= 0.6 is 0 Å². The van der Waals surface area contributed by atoms with Gasteiger partial charge < -0.3 is 12.9 Å². The van der Waals surface area contributed by atoms with Crippen molar-refractivity contribution in [1.82, 2.24) is 0 Å². The first-order chi connectivity index (χ1) is 5.00. The molecule has 0 aromatic carbocycles. The summed E-state index contributed by atoms with van der Waals surface area (Å²) in [4.78, 5) is 0. The van der Waals surface area contributed by atoms with Crippen LogP contribution in [0.4, 0.5) is 12.9 Å². The van der Waals surface area contributed by atoms with E-state index in [1.54, 1.807) is 0 Å². The molecule has 0 N–H and O–H groups in total. The average Bonchev–Trinajstić information content (AvgIpc) is 1.86. The molecule has 66 valence electrons. The minimum absolute atomic E-state index is 0. The molecule has 5 heteroatoms. The van der Waals surface area contributed by atoms with Gasteiger partial charge in [0.2, 0.25) is 0 Å². The summed E-state index contributed by atoms with van der Waals surface area (Å²) in [5.41, 5.74) is 0. The Balaban J connectivity index is 0.00000121. The molecule has 1 aliphatic carbocycles. The van der Waals surface area contributed by atoms with E-state index in [2.05, 4.69) is 0 Å². The van der Waals surface area contributed by atoms with Crippen molar-refractivity contribution in [1.29, 1.82) is 0 Å². The SMILES string of the molecule is CC1CCCC([B-](F)(F)F)C1.[K+]. The molecule has 1 fully saturated rings. The maximum absolute atomic E-state index is 12.2. The molecule has 0 nitrogen and oxygen atoms in total. The van der Waals surface area contributed by atoms with Crippen molar-refractivity contribution in [2.24, 2.45) is 5.92 Å². The van der Waals surface area contributed by atoms with Crippen LogP contribution in [0.5, 0.6) is 0 Å². The molecule has 0 aromatic rings. The number of halogens is 3. The van der Waals surface area contributed by atoms with Gasteiger partial charge in [-0.15, -0.1) is 0 Å². The van der Waals surface area contributed by atoms with Crippen LogP contribution in [0, 0.1) is 5.92 Å². The monoisotopic (exact) mass is 204 g/mol. The van der Waals surface area contributed by atoms with E-state index < -0.39 is 12.8 Å². The molecule has 0 saturated heterocycles. The standard InChI is InChI=1S/C7H13BF3.K/c1-6-3-2-4-7(5-6)8(9,10)11;/h6-7H,2-5H2,1H3;/q-1;+1. The second kappa shape index (κ2) is 5.39. The van der Waals surface area contributed by atoms with Crippen LogP contribution in [-0.2, 0) is 0 Å². The number of hydrogen-bond donors (Lipinski definition) is 0. The predicted molar refractivity (Wildman–Crippen MR) is 40.5 cm³/mol. The molecular weight excluding hydrogens is 191 g/mol. The molecule has 1 aliphatic rings. The van der Waals surface area contributed by atoms with Gasteiger partial charge in [0.25, 0.3) is 0 Å². The van der Waals surface area contributed by atoms with Gasteiger partial charge in [-0.2, -0.15) is 0 Å². The third-order valence-corrected chi connectivity index (χ3v) is 2.51. The molecule has 0 radical (unpaired) electrons. The van der Waals surface area contributed by atoms with Crippen LogP contribution in [0.1, 0.15) is 32.6 Å². The molecular formula is C7H13BF3K. The van der Waals surface area contributed by atoms with Crippen LogP contribution in [0.3, 0.4) is 0 Å². The van der Waals surface area contributed by atoms with Gasteiger partial charge in [0, 0.05) is 0 Å². The smallest absolute Gasteiger partial charge is 0.449 e. The summed E-state index contributed by atoms with van der Waals surface area (Å²) in [5, 5.41) is 0. The van der Waals surface area contributed by atoms with Gasteiger partial charge in [0.1, 0.15) is 0 Å². The van der Waals surface area contributed by atoms with Crippen LogP contribution in [0.15, 0.2) is 0 Å². The van der Waals surface area contributed by atoms with Gasteiger partial charge in [-0.3, -0.25) is 0 Å². The van der Waals surface area contributed by atoms with Gasteiger partial charge >= 0.3 is 58.4 Å². The fraction of sp³-hybridized carbons (Fsp3) is 1.00. The molecule has 12 heavy (non-hydrogen) atoms. The van der Waals surface area contributed by atoms with Crippen molar-refractivity contribution < 1.29 is 64.3 Å². The first kappa shape index (κ1) is 13.5. The van der Waals surface area contributed by atoms with Crippen LogP contribution < -0.4 is 51.4 Å². The summed E-state index contributed by atoms with van der Waals surface area (Å²) in [5.74, 6) is -0.684. The Morgan fingerprint density at radius 3 is 2.08 bits per heavy atom. The van der Waals surface area contributed by atoms with Gasteiger partial charge in [-0.1, -0.05) is 38.4 Å². The quantitative estimate of drug-likeness (QED) is 0.543. The largest absolute Gasteiger partial charge is 1.00 e. The number of rotatable bonds is 1. The van der Waals surface area contributed by atoms with Crippen molar-refractivity contribution >= 4 is 6.98 Å². The first-order valence-electron chi connectivity index (χ1n) is 4.20. The normalized spacial score (nSPS) is 31.0. The molecule has 1 rings (SSSR count). The molecule has 0 amide bonds. The van der Waals surface area contributed by atoms with Crippen molar-refractivity contribution in [2.45, 2.75) is 38.4 Å². The molecule has 1 saturated carbocycles. The second-order valence-electron chi connectivity index (χ2n) is 3.66. The Bertz CT molecular complexity index is 137. The van der Waals surface area contributed by atoms with Crippen molar-refractivity contribution in [2.75, 3.05) is 0 Å². The zero-order valence-corrected chi connectivity index (χ0v) is 10.8. The summed E-state index contributed by atoms with van der Waals surface area (Å²) in [6.07, 6.45) is 2.47. The van der Waals surface area contributed by atoms with E-state index in [-0.39, 0.29) is 57.3 Å². The predicted octanol–water partition coefficient (Wildman–Crippen LogP) is 0.418. The fourth-order valence-electron chi connectivity index (χ4n) is 1.82. The van der Waals surface area contributed by atoms with Crippen molar-refractivity contribution in [3.63, 3.8) is 0 Å². The van der Waals surface area contributed by atoms with Gasteiger partial charge in [0.05, 0.1) is 0 Å². The molecule has 0 aliphatic heterocycles. The summed E-state index contributed by atoms with van der Waals surface area (Å²) >= 11 is 0. The summed E-state index contributed by atoms with van der Waals surface area (Å²) < 4.78 is 36.5. The molecule has 0 aromatic heterocycles. The Morgan fingerprint density at radius 1 is 1.17 bits per heavy atom. The summed E-state index contributed by atoms with van der Waals surface area (Å²) in [7, 11) is 0. The summed E-state index contributed by atoms with van der Waals surface area (Å²) in [6, 6.07) is 0. The van der Waals surface area contributed by atoms with E-state index in [0.29, 0.717) is 12.8 Å². The topological polar surface area (TPSA) is 0 Å². The fourth-order valence-corrected chi connectivity index (χ4v) is 1.82. The van der Waals surface area contributed by atoms with E-state index in [9.17, 15) is 12.9 Å². The van der Waals surface area contributed by atoms with Gasteiger partial charge in [-0.05, 0) is 5.92 Å². The second-order valence-corrected chi connectivity index (χ2v) is 3.66. The zero-order chi connectivity index (χ0) is 8.48. The molecule has 2 unspecified atom stereocenters. The van der Waals surface area contributed by atoms with Gasteiger partial charge in [-0.25, -0.2) is 0 Å². The van der Waals surface area contributed by atoms with E-state index in [4.69, 9.17) is 0 Å². The first-order valence-corrected chi connectivity index (χ1v) is 4.20. The van der Waals surface area contributed by atoms with E-state index >= 15 is 0 Å². The van der Waals surface area contributed by atoms with E-state index in [1.807, 2.05) is 6.92 Å². The van der Waals surface area contributed by atoms with Gasteiger partial charge in [0.15, 0.2) is 0 Å². The van der Waals surface area contributed by atoms with E-state index in [1.165, 1.54) is 0 Å². The van der Waals surface area contributed by atoms with Crippen LogP contribution in [-0.4, -0.2) is 6.98 Å². The Kier molecular flexibility index (Phi) is 6.06. The maximum Gasteiger partial charge on any atom is 1.00 e. The Labute approximate surface area is 114 Å². The maximum atomic E-state index is 12.2. The Morgan fingerprint density at radius 2 is 1.75 bits per heavy atom. The van der Waals surface area contributed by atoms with E-state index in [0.717, 1.165) is 12.8 Å². The van der Waals surface area contributed by atoms with Crippen molar-refractivity contribution in [3.8, 4) is 0 Å². The molecule has 0 heterocycles. The number of hydrogen-bond acceptors (Lipinski definition) is 0. The third kappa shape index (κ3) is 4.13. The minimum atomic E-state index is -4.56. The van der Waals surface area contributed by atoms with Crippen LogP contribution in [0.2, 0.25) is 5.82 Å². The summed E-state index contributed by atoms with van der Waals surface area (Å²) in [6.45, 7) is -2.65. The Hall–Kier alpha value is 1.49. The van der Waals surface area contributed by atoms with Crippen LogP contribution in [0.25, 0.3) is 0 Å². The minimum Gasteiger partial charge on any atom is -0.449 e. The molecule has 0 spiro atoms. The zero-order valence-electron chi connectivity index (χ0n) is 7.69. The average molecular weight is 204 g/mol. The molecule has 2 atom stereocenters. The molecule has 0 bridgehead atoms.